The van der Waals surface area contributed by atoms with Crippen LogP contribution < -0.4 is 9.62 Å². The molecule has 0 saturated heterocycles. The smallest absolute Gasteiger partial charge is 0.244 e. The largest absolute Gasteiger partial charge is 0.352 e. The summed E-state index contributed by atoms with van der Waals surface area (Å²) in [6, 6.07) is 12.9. The minimum absolute atomic E-state index is 0.0946. The average molecular weight is 480 g/mol. The lowest BCUT2D eigenvalue weighted by molar-refractivity contribution is -0.139. The molecule has 2 rings (SSSR count). The van der Waals surface area contributed by atoms with Crippen molar-refractivity contribution in [3.8, 4) is 0 Å². The van der Waals surface area contributed by atoms with Crippen LogP contribution in [-0.4, -0.2) is 50.0 Å². The molecule has 2 aromatic rings. The molecule has 7 nitrogen and oxygen atoms in total. The Labute approximate surface area is 195 Å². The van der Waals surface area contributed by atoms with E-state index in [-0.39, 0.29) is 18.5 Å². The monoisotopic (exact) mass is 479 g/mol. The van der Waals surface area contributed by atoms with Gasteiger partial charge in [-0.2, -0.15) is 0 Å². The van der Waals surface area contributed by atoms with Crippen LogP contribution in [0.15, 0.2) is 48.5 Å². The topological polar surface area (TPSA) is 86.8 Å². The number of aryl methyl sites for hydroxylation is 1. The lowest BCUT2D eigenvalue weighted by Crippen LogP contribution is -2.52. The molecule has 9 heteroatoms. The van der Waals surface area contributed by atoms with Gasteiger partial charge in [-0.05, 0) is 57.5 Å². The summed E-state index contributed by atoms with van der Waals surface area (Å²) in [5.74, 6) is -0.796. The van der Waals surface area contributed by atoms with Gasteiger partial charge in [0, 0.05) is 17.6 Å². The molecule has 0 aliphatic heterocycles. The molecule has 0 radical (unpaired) electrons. The molecule has 0 bridgehead atoms. The van der Waals surface area contributed by atoms with Gasteiger partial charge in [-0.15, -0.1) is 0 Å². The highest BCUT2D eigenvalue weighted by atomic mass is 35.5. The maximum atomic E-state index is 13.4. The quantitative estimate of drug-likeness (QED) is 0.597. The number of carbonyl (C=O) groups is 2. The Kier molecular flexibility index (Phi) is 8.69. The van der Waals surface area contributed by atoms with Crippen LogP contribution >= 0.6 is 11.6 Å². The number of rotatable bonds is 9. The molecule has 2 amide bonds. The summed E-state index contributed by atoms with van der Waals surface area (Å²) in [4.78, 5) is 27.4. The fourth-order valence-corrected chi connectivity index (χ4v) is 4.07. The van der Waals surface area contributed by atoms with Gasteiger partial charge >= 0.3 is 0 Å². The maximum absolute atomic E-state index is 13.4. The van der Waals surface area contributed by atoms with Crippen LogP contribution in [0.3, 0.4) is 0 Å². The van der Waals surface area contributed by atoms with Gasteiger partial charge in [-0.3, -0.25) is 13.9 Å². The zero-order chi connectivity index (χ0) is 24.1. The summed E-state index contributed by atoms with van der Waals surface area (Å²) in [5, 5.41) is 3.27. The van der Waals surface area contributed by atoms with Crippen LogP contribution in [0.4, 0.5) is 5.69 Å². The van der Waals surface area contributed by atoms with E-state index in [4.69, 9.17) is 11.6 Å². The fourth-order valence-electron chi connectivity index (χ4n) is 3.10. The summed E-state index contributed by atoms with van der Waals surface area (Å²) in [6.07, 6.45) is 1.04. The van der Waals surface area contributed by atoms with Gasteiger partial charge in [-0.25, -0.2) is 8.42 Å². The van der Waals surface area contributed by atoms with Crippen molar-refractivity contribution < 1.29 is 18.0 Å². The van der Waals surface area contributed by atoms with Crippen LogP contribution in [0.1, 0.15) is 31.9 Å². The summed E-state index contributed by atoms with van der Waals surface area (Å²) in [7, 11) is -3.76. The molecule has 174 valence electrons. The number of benzene rings is 2. The number of nitrogens with zero attached hydrogens (tertiary/aromatic N) is 2. The molecule has 0 aliphatic rings. The van der Waals surface area contributed by atoms with Crippen LogP contribution in [0.2, 0.25) is 5.02 Å². The number of hydrogen-bond acceptors (Lipinski definition) is 4. The third kappa shape index (κ3) is 7.24. The highest BCUT2D eigenvalue weighted by molar-refractivity contribution is 7.92. The Morgan fingerprint density at radius 3 is 2.06 bits per heavy atom. The normalized spacial score (nSPS) is 12.3. The van der Waals surface area contributed by atoms with Crippen molar-refractivity contribution in [2.45, 2.75) is 46.3 Å². The summed E-state index contributed by atoms with van der Waals surface area (Å²) < 4.78 is 25.9. The summed E-state index contributed by atoms with van der Waals surface area (Å²) in [6.45, 7) is 7.00. The van der Waals surface area contributed by atoms with Crippen molar-refractivity contribution in [2.75, 3.05) is 17.1 Å². The van der Waals surface area contributed by atoms with E-state index in [0.717, 1.165) is 21.7 Å². The van der Waals surface area contributed by atoms with Crippen molar-refractivity contribution in [1.82, 2.24) is 10.2 Å². The zero-order valence-corrected chi connectivity index (χ0v) is 20.6. The number of sulfonamides is 1. The van der Waals surface area contributed by atoms with E-state index >= 15 is 0 Å². The van der Waals surface area contributed by atoms with Crippen molar-refractivity contribution in [1.29, 1.82) is 0 Å². The maximum Gasteiger partial charge on any atom is 0.244 e. The van der Waals surface area contributed by atoms with E-state index < -0.39 is 28.5 Å². The Morgan fingerprint density at radius 2 is 1.56 bits per heavy atom. The molecule has 1 atom stereocenters. The van der Waals surface area contributed by atoms with Gasteiger partial charge in [0.1, 0.15) is 12.6 Å². The van der Waals surface area contributed by atoms with E-state index in [1.54, 1.807) is 19.1 Å². The summed E-state index contributed by atoms with van der Waals surface area (Å²) >= 11 is 5.92. The SMILES string of the molecule is Cc1ccc(CN(C(=O)CN(c2ccc(Cl)cc2)S(C)(=O)=O)[C@H](C)C(=O)NC(C)C)cc1. The second kappa shape index (κ2) is 10.8. The zero-order valence-electron chi connectivity index (χ0n) is 19.0. The highest BCUT2D eigenvalue weighted by Gasteiger charge is 2.30. The van der Waals surface area contributed by atoms with Gasteiger partial charge in [0.25, 0.3) is 0 Å². The predicted octanol–water partition coefficient (Wildman–Crippen LogP) is 3.36. The molecular weight excluding hydrogens is 450 g/mol. The van der Waals surface area contributed by atoms with Crippen molar-refractivity contribution in [2.24, 2.45) is 0 Å². The Balaban J connectivity index is 2.36. The third-order valence-electron chi connectivity index (χ3n) is 4.87. The Hall–Kier alpha value is -2.58. The molecule has 0 saturated carbocycles. The van der Waals surface area contributed by atoms with Crippen LogP contribution in [0.25, 0.3) is 0 Å². The first-order valence-corrected chi connectivity index (χ1v) is 12.5. The van der Waals surface area contributed by atoms with E-state index in [2.05, 4.69) is 5.32 Å². The molecule has 0 heterocycles. The molecule has 0 aromatic heterocycles. The van der Waals surface area contributed by atoms with Gasteiger partial charge in [0.05, 0.1) is 11.9 Å². The van der Waals surface area contributed by atoms with E-state index in [1.165, 1.54) is 17.0 Å². The number of halogens is 1. The van der Waals surface area contributed by atoms with Gasteiger partial charge in [0.2, 0.25) is 21.8 Å². The standard InChI is InChI=1S/C23H30ClN3O4S/c1-16(2)25-23(29)18(4)26(14-19-8-6-17(3)7-9-19)22(28)15-27(32(5,30)31)21-12-10-20(24)11-13-21/h6-13,16,18H,14-15H2,1-5H3,(H,25,29)/t18-/m1/s1. The number of amides is 2. The minimum Gasteiger partial charge on any atom is -0.352 e. The molecule has 2 aromatic carbocycles. The number of anilines is 1. The summed E-state index contributed by atoms with van der Waals surface area (Å²) in [5.41, 5.74) is 2.23. The first kappa shape index (κ1) is 25.7. The molecule has 0 spiro atoms. The van der Waals surface area contributed by atoms with Crippen molar-refractivity contribution in [3.63, 3.8) is 0 Å². The second-order valence-corrected chi connectivity index (χ2v) is 10.4. The van der Waals surface area contributed by atoms with E-state index in [1.807, 2.05) is 45.0 Å². The van der Waals surface area contributed by atoms with Crippen molar-refractivity contribution >= 4 is 39.1 Å². The molecule has 32 heavy (non-hydrogen) atoms. The average Bonchev–Trinajstić information content (AvgIpc) is 2.70. The Bertz CT molecular complexity index is 1040. The molecule has 1 N–H and O–H groups in total. The van der Waals surface area contributed by atoms with Gasteiger partial charge in [-0.1, -0.05) is 41.4 Å². The van der Waals surface area contributed by atoms with Gasteiger partial charge < -0.3 is 10.2 Å². The lowest BCUT2D eigenvalue weighted by atomic mass is 10.1. The number of carbonyl (C=O) groups excluding carboxylic acids is 2. The van der Waals surface area contributed by atoms with E-state index in [9.17, 15) is 18.0 Å². The lowest BCUT2D eigenvalue weighted by Gasteiger charge is -2.32. The van der Waals surface area contributed by atoms with Crippen LogP contribution in [-0.2, 0) is 26.2 Å². The van der Waals surface area contributed by atoms with Crippen LogP contribution in [0.5, 0.6) is 0 Å². The highest BCUT2D eigenvalue weighted by Crippen LogP contribution is 2.21. The van der Waals surface area contributed by atoms with Gasteiger partial charge in [0.15, 0.2) is 0 Å². The first-order chi connectivity index (χ1) is 14.9. The fraction of sp³-hybridized carbons (Fsp3) is 0.391. The third-order valence-corrected chi connectivity index (χ3v) is 6.26. The predicted molar refractivity (Wildman–Crippen MR) is 128 cm³/mol. The molecule has 0 unspecified atom stereocenters. The molecule has 0 fully saturated rings. The minimum atomic E-state index is -3.76. The first-order valence-electron chi connectivity index (χ1n) is 10.3. The molecule has 0 aliphatic carbocycles. The molecular formula is C23H30ClN3O4S. The Morgan fingerprint density at radius 1 is 1.00 bits per heavy atom. The van der Waals surface area contributed by atoms with E-state index in [0.29, 0.717) is 10.7 Å². The van der Waals surface area contributed by atoms with Crippen molar-refractivity contribution in [3.05, 3.63) is 64.7 Å². The number of hydrogen-bond donors (Lipinski definition) is 1. The second-order valence-electron chi connectivity index (χ2n) is 8.09. The number of nitrogens with one attached hydrogen (secondary N) is 1. The van der Waals surface area contributed by atoms with Crippen LogP contribution in [0, 0.1) is 6.92 Å².